The van der Waals surface area contributed by atoms with Crippen LogP contribution in [0.25, 0.3) is 0 Å². The van der Waals surface area contributed by atoms with Crippen LogP contribution in [0.1, 0.15) is 10.6 Å². The van der Waals surface area contributed by atoms with E-state index in [9.17, 15) is 9.59 Å². The molecule has 0 aliphatic carbocycles. The van der Waals surface area contributed by atoms with Crippen LogP contribution in [0.5, 0.6) is 0 Å². The van der Waals surface area contributed by atoms with Gasteiger partial charge in [-0.3, -0.25) is 9.59 Å². The quantitative estimate of drug-likeness (QED) is 0.838. The number of hydrogen-bond donors (Lipinski definition) is 0. The maximum absolute atomic E-state index is 12.4. The van der Waals surface area contributed by atoms with Crippen LogP contribution in [0.3, 0.4) is 0 Å². The Morgan fingerprint density at radius 2 is 1.92 bits per heavy atom. The Morgan fingerprint density at radius 1 is 1.16 bits per heavy atom. The maximum Gasteiger partial charge on any atom is 0.289 e. The molecule has 7 heteroatoms. The molecule has 1 fully saturated rings. The largest absolute Gasteiger partial charge is 0.459 e. The van der Waals surface area contributed by atoms with Gasteiger partial charge in [-0.25, -0.2) is 0 Å². The van der Waals surface area contributed by atoms with E-state index in [0.29, 0.717) is 18.1 Å². The van der Waals surface area contributed by atoms with Crippen molar-refractivity contribution < 1.29 is 14.0 Å². The fraction of sp³-hybridized carbons (Fsp3) is 0.333. The third kappa shape index (κ3) is 4.14. The lowest BCUT2D eigenvalue weighted by molar-refractivity contribution is -0.132. The maximum atomic E-state index is 12.4. The molecule has 0 atom stereocenters. The smallest absolute Gasteiger partial charge is 0.289 e. The van der Waals surface area contributed by atoms with Gasteiger partial charge in [0.15, 0.2) is 5.76 Å². The molecule has 0 spiro atoms. The van der Waals surface area contributed by atoms with E-state index in [2.05, 4.69) is 4.90 Å². The molecule has 6 nitrogen and oxygen atoms in total. The van der Waals surface area contributed by atoms with Gasteiger partial charge < -0.3 is 19.1 Å². The molecule has 0 N–H and O–H groups in total. The third-order valence-electron chi connectivity index (χ3n) is 4.26. The van der Waals surface area contributed by atoms with Crippen LogP contribution in [0.2, 0.25) is 5.02 Å². The minimum Gasteiger partial charge on any atom is -0.459 e. The monoisotopic (exact) mass is 361 g/mol. The second-order valence-electron chi connectivity index (χ2n) is 5.99. The van der Waals surface area contributed by atoms with Gasteiger partial charge >= 0.3 is 0 Å². The van der Waals surface area contributed by atoms with Crippen molar-refractivity contribution in [3.05, 3.63) is 53.4 Å². The first kappa shape index (κ1) is 17.4. The molecule has 0 bridgehead atoms. The van der Waals surface area contributed by atoms with Crippen molar-refractivity contribution in [2.24, 2.45) is 0 Å². The number of benzene rings is 1. The Bertz CT molecular complexity index is 740. The molecule has 2 aromatic rings. The van der Waals surface area contributed by atoms with Crippen molar-refractivity contribution in [3.8, 4) is 0 Å². The van der Waals surface area contributed by atoms with Crippen LogP contribution in [0, 0.1) is 0 Å². The molecule has 132 valence electrons. The Kier molecular flexibility index (Phi) is 5.28. The summed E-state index contributed by atoms with van der Waals surface area (Å²) in [5.74, 6) is -0.120. The predicted octanol–water partition coefficient (Wildman–Crippen LogP) is 2.35. The van der Waals surface area contributed by atoms with E-state index in [1.807, 2.05) is 24.3 Å². The summed E-state index contributed by atoms with van der Waals surface area (Å²) in [6.07, 6.45) is 1.44. The van der Waals surface area contributed by atoms with Gasteiger partial charge in [0.2, 0.25) is 5.91 Å². The average Bonchev–Trinajstić information content (AvgIpc) is 3.15. The third-order valence-corrected chi connectivity index (χ3v) is 4.49. The van der Waals surface area contributed by atoms with E-state index in [4.69, 9.17) is 16.0 Å². The van der Waals surface area contributed by atoms with E-state index >= 15 is 0 Å². The van der Waals surface area contributed by atoms with Gasteiger partial charge in [-0.1, -0.05) is 17.7 Å². The van der Waals surface area contributed by atoms with Gasteiger partial charge in [0.1, 0.15) is 0 Å². The number of furan rings is 1. The molecule has 0 radical (unpaired) electrons. The number of hydrogen-bond acceptors (Lipinski definition) is 4. The second-order valence-corrected chi connectivity index (χ2v) is 6.42. The van der Waals surface area contributed by atoms with Crippen LogP contribution in [0.15, 0.2) is 47.1 Å². The van der Waals surface area contributed by atoms with Crippen molar-refractivity contribution in [2.75, 3.05) is 44.7 Å². The minimum absolute atomic E-state index is 0.0384. The molecule has 2 amide bonds. The molecule has 1 aliphatic heterocycles. The number of likely N-dealkylation sites (N-methyl/N-ethyl adjacent to an activating group) is 1. The average molecular weight is 362 g/mol. The molecule has 3 rings (SSSR count). The van der Waals surface area contributed by atoms with Gasteiger partial charge in [0, 0.05) is 43.9 Å². The first-order valence-electron chi connectivity index (χ1n) is 8.12. The summed E-state index contributed by atoms with van der Waals surface area (Å²) in [4.78, 5) is 29.9. The van der Waals surface area contributed by atoms with Crippen LogP contribution in [-0.4, -0.2) is 61.4 Å². The molecular weight excluding hydrogens is 342 g/mol. The molecular formula is C18H20ClN3O3. The van der Waals surface area contributed by atoms with Crippen molar-refractivity contribution in [1.82, 2.24) is 9.80 Å². The van der Waals surface area contributed by atoms with Crippen molar-refractivity contribution >= 4 is 29.1 Å². The van der Waals surface area contributed by atoms with E-state index in [1.165, 1.54) is 11.2 Å². The highest BCUT2D eigenvalue weighted by Crippen LogP contribution is 2.20. The fourth-order valence-electron chi connectivity index (χ4n) is 2.85. The summed E-state index contributed by atoms with van der Waals surface area (Å²) in [7, 11) is 1.60. The first-order valence-corrected chi connectivity index (χ1v) is 8.49. The van der Waals surface area contributed by atoms with E-state index in [0.717, 1.165) is 18.8 Å². The molecule has 1 aliphatic rings. The van der Waals surface area contributed by atoms with Crippen molar-refractivity contribution in [1.29, 1.82) is 0 Å². The Labute approximate surface area is 151 Å². The zero-order chi connectivity index (χ0) is 17.8. The summed E-state index contributed by atoms with van der Waals surface area (Å²) in [6, 6.07) is 10.9. The Hall–Kier alpha value is -2.47. The number of nitrogens with zero attached hydrogens (tertiary/aromatic N) is 3. The van der Waals surface area contributed by atoms with Gasteiger partial charge in [0.25, 0.3) is 5.91 Å². The fourth-order valence-corrected chi connectivity index (χ4v) is 3.03. The topological polar surface area (TPSA) is 57.0 Å². The van der Waals surface area contributed by atoms with E-state index in [1.54, 1.807) is 24.1 Å². The summed E-state index contributed by atoms with van der Waals surface area (Å²) >= 11 is 6.04. The van der Waals surface area contributed by atoms with E-state index in [-0.39, 0.29) is 24.1 Å². The van der Waals surface area contributed by atoms with Gasteiger partial charge in [-0.05, 0) is 30.3 Å². The summed E-state index contributed by atoms with van der Waals surface area (Å²) in [5.41, 5.74) is 1.06. The van der Waals surface area contributed by atoms with Crippen LogP contribution >= 0.6 is 11.6 Å². The van der Waals surface area contributed by atoms with Gasteiger partial charge in [-0.15, -0.1) is 0 Å². The van der Waals surface area contributed by atoms with Crippen LogP contribution in [0.4, 0.5) is 5.69 Å². The molecule has 2 heterocycles. The summed E-state index contributed by atoms with van der Waals surface area (Å²) in [6.45, 7) is 2.75. The highest BCUT2D eigenvalue weighted by molar-refractivity contribution is 6.30. The normalized spacial score (nSPS) is 14.5. The number of halogens is 1. The SMILES string of the molecule is CN(CC(=O)N1CCN(c2cccc(Cl)c2)CC1)C(=O)c1ccco1. The highest BCUT2D eigenvalue weighted by Gasteiger charge is 2.24. The number of anilines is 1. The number of carbonyl (C=O) groups excluding carboxylic acids is 2. The van der Waals surface area contributed by atoms with Gasteiger partial charge in [-0.2, -0.15) is 0 Å². The Balaban J connectivity index is 1.52. The lowest BCUT2D eigenvalue weighted by atomic mass is 10.2. The zero-order valence-corrected chi connectivity index (χ0v) is 14.8. The van der Waals surface area contributed by atoms with Crippen molar-refractivity contribution in [3.63, 3.8) is 0 Å². The Morgan fingerprint density at radius 3 is 2.56 bits per heavy atom. The molecule has 1 saturated heterocycles. The number of carbonyl (C=O) groups is 2. The first-order chi connectivity index (χ1) is 12.0. The predicted molar refractivity (Wildman–Crippen MR) is 95.9 cm³/mol. The number of amides is 2. The lowest BCUT2D eigenvalue weighted by Crippen LogP contribution is -2.51. The van der Waals surface area contributed by atoms with Crippen LogP contribution < -0.4 is 4.90 Å². The van der Waals surface area contributed by atoms with E-state index < -0.39 is 0 Å². The lowest BCUT2D eigenvalue weighted by Gasteiger charge is -2.36. The highest BCUT2D eigenvalue weighted by atomic mass is 35.5. The summed E-state index contributed by atoms with van der Waals surface area (Å²) < 4.78 is 5.08. The van der Waals surface area contributed by atoms with Crippen molar-refractivity contribution in [2.45, 2.75) is 0 Å². The number of piperazine rings is 1. The second kappa shape index (κ2) is 7.61. The standard InChI is InChI=1S/C18H20ClN3O3/c1-20(18(24)16-6-3-11-25-16)13-17(23)22-9-7-21(8-10-22)15-5-2-4-14(19)12-15/h2-6,11-12H,7-10,13H2,1H3. The molecule has 25 heavy (non-hydrogen) atoms. The number of rotatable bonds is 4. The van der Waals surface area contributed by atoms with Gasteiger partial charge in [0.05, 0.1) is 12.8 Å². The van der Waals surface area contributed by atoms with Crippen LogP contribution in [-0.2, 0) is 4.79 Å². The molecule has 0 unspecified atom stereocenters. The molecule has 1 aromatic carbocycles. The summed E-state index contributed by atoms with van der Waals surface area (Å²) in [5, 5.41) is 0.703. The molecule has 0 saturated carbocycles. The zero-order valence-electron chi connectivity index (χ0n) is 14.0. The minimum atomic E-state index is -0.295. The molecule has 1 aromatic heterocycles.